The minimum Gasteiger partial charge on any atom is -0.392 e. The summed E-state index contributed by atoms with van der Waals surface area (Å²) in [7, 11) is 0. The molecule has 16 heavy (non-hydrogen) atoms. The summed E-state index contributed by atoms with van der Waals surface area (Å²) in [5.74, 6) is 0.936. The van der Waals surface area contributed by atoms with Crippen LogP contribution in [0.2, 0.25) is 0 Å². The number of hydrogen-bond donors (Lipinski definition) is 3. The Bertz CT molecular complexity index is 513. The Balaban J connectivity index is 2.41. The molecule has 7 heteroatoms. The molecule has 4 N–H and O–H groups in total. The third-order valence-corrected chi connectivity index (χ3v) is 3.82. The molecule has 86 valence electrons. The van der Waals surface area contributed by atoms with Crippen molar-refractivity contribution in [3.05, 3.63) is 8.95 Å². The fraction of sp³-hybridized carbons (Fsp3) is 0.333. The van der Waals surface area contributed by atoms with Crippen molar-refractivity contribution in [3.8, 4) is 0 Å². The maximum absolute atomic E-state index is 9.23. The molecule has 0 fully saturated rings. The van der Waals surface area contributed by atoms with Crippen LogP contribution in [0, 0.1) is 2.88 Å². The molecule has 0 aliphatic carbocycles. The van der Waals surface area contributed by atoms with Crippen LogP contribution in [-0.4, -0.2) is 27.7 Å². The summed E-state index contributed by atoms with van der Waals surface area (Å²) < 4.78 is 2.10. The van der Waals surface area contributed by atoms with Crippen molar-refractivity contribution in [1.82, 2.24) is 9.97 Å². The van der Waals surface area contributed by atoms with Crippen molar-refractivity contribution in [2.24, 2.45) is 0 Å². The highest BCUT2D eigenvalue weighted by Crippen LogP contribution is 2.30. The topological polar surface area (TPSA) is 84.1 Å². The number of hydrogen-bond acceptors (Lipinski definition) is 6. The predicted molar refractivity (Wildman–Crippen MR) is 74.7 cm³/mol. The predicted octanol–water partition coefficient (Wildman–Crippen LogP) is 1.67. The molecule has 0 radical (unpaired) electrons. The van der Waals surface area contributed by atoms with Crippen molar-refractivity contribution in [1.29, 1.82) is 0 Å². The highest BCUT2D eigenvalue weighted by atomic mass is 127. The molecule has 2 heterocycles. The summed E-state index contributed by atoms with van der Waals surface area (Å²) in [4.78, 5) is 8.29. The minimum absolute atomic E-state index is 0.245. The number of halogens is 1. The minimum atomic E-state index is -0.426. The summed E-state index contributed by atoms with van der Waals surface area (Å²) in [5.41, 5.74) is 6.46. The zero-order valence-electron chi connectivity index (χ0n) is 8.57. The van der Waals surface area contributed by atoms with E-state index < -0.39 is 6.10 Å². The number of aromatic nitrogens is 2. The molecule has 2 rings (SSSR count). The van der Waals surface area contributed by atoms with E-state index in [0.717, 1.165) is 13.1 Å². The van der Waals surface area contributed by atoms with Gasteiger partial charge in [0.2, 0.25) is 5.95 Å². The average molecular weight is 350 g/mol. The van der Waals surface area contributed by atoms with Gasteiger partial charge in [0.25, 0.3) is 0 Å². The summed E-state index contributed by atoms with van der Waals surface area (Å²) in [5, 5.41) is 12.3. The van der Waals surface area contributed by atoms with E-state index in [1.165, 1.54) is 0 Å². The number of rotatable bonds is 3. The van der Waals surface area contributed by atoms with Crippen LogP contribution in [0.3, 0.4) is 0 Å². The number of thiophene rings is 1. The number of fused-ring (bicyclic) bond motifs is 1. The van der Waals surface area contributed by atoms with Crippen LogP contribution < -0.4 is 11.1 Å². The van der Waals surface area contributed by atoms with Crippen LogP contribution in [0.15, 0.2) is 6.07 Å². The molecule has 0 aliphatic heterocycles. The first-order valence-electron chi connectivity index (χ1n) is 4.71. The molecule has 0 saturated heterocycles. The van der Waals surface area contributed by atoms with E-state index in [-0.39, 0.29) is 5.95 Å². The smallest absolute Gasteiger partial charge is 0.222 e. The zero-order chi connectivity index (χ0) is 11.7. The quantitative estimate of drug-likeness (QED) is 0.734. The van der Waals surface area contributed by atoms with E-state index in [4.69, 9.17) is 5.73 Å². The van der Waals surface area contributed by atoms with Crippen molar-refractivity contribution in [2.75, 3.05) is 17.6 Å². The molecule has 0 spiro atoms. The summed E-state index contributed by atoms with van der Waals surface area (Å²) in [6.45, 7) is 2.16. The van der Waals surface area contributed by atoms with Gasteiger partial charge in [-0.2, -0.15) is 4.98 Å². The van der Waals surface area contributed by atoms with Crippen molar-refractivity contribution < 1.29 is 5.11 Å². The molecular formula is C9H11IN4OS. The largest absolute Gasteiger partial charge is 0.392 e. The summed E-state index contributed by atoms with van der Waals surface area (Å²) >= 11 is 3.84. The van der Waals surface area contributed by atoms with Crippen molar-refractivity contribution >= 4 is 55.9 Å². The van der Waals surface area contributed by atoms with Crippen LogP contribution >= 0.6 is 33.9 Å². The molecule has 0 aliphatic rings. The second-order valence-electron chi connectivity index (χ2n) is 3.43. The monoisotopic (exact) mass is 350 g/mol. The van der Waals surface area contributed by atoms with E-state index in [1.807, 2.05) is 6.07 Å². The van der Waals surface area contributed by atoms with Gasteiger partial charge in [0.05, 0.1) is 19.2 Å². The Kier molecular flexibility index (Phi) is 3.45. The van der Waals surface area contributed by atoms with Gasteiger partial charge in [0, 0.05) is 6.54 Å². The molecule has 2 aromatic rings. The van der Waals surface area contributed by atoms with Crippen molar-refractivity contribution in [3.63, 3.8) is 0 Å². The van der Waals surface area contributed by atoms with Gasteiger partial charge < -0.3 is 16.2 Å². The zero-order valence-corrected chi connectivity index (χ0v) is 11.5. The van der Waals surface area contributed by atoms with Gasteiger partial charge in [0.1, 0.15) is 5.82 Å². The SMILES string of the molecule is CC(O)CNc1nc(N)nc2cc(I)sc12. The molecule has 1 atom stereocenters. The fourth-order valence-corrected chi connectivity index (χ4v) is 3.03. The van der Waals surface area contributed by atoms with Gasteiger partial charge in [0.15, 0.2) is 0 Å². The highest BCUT2D eigenvalue weighted by Gasteiger charge is 2.10. The van der Waals surface area contributed by atoms with Crippen molar-refractivity contribution in [2.45, 2.75) is 13.0 Å². The molecule has 1 unspecified atom stereocenters. The van der Waals surface area contributed by atoms with Crippen LogP contribution in [0.25, 0.3) is 10.2 Å². The van der Waals surface area contributed by atoms with Gasteiger partial charge in [-0.1, -0.05) is 0 Å². The first kappa shape index (κ1) is 11.8. The molecular weight excluding hydrogens is 339 g/mol. The summed E-state index contributed by atoms with van der Waals surface area (Å²) in [6, 6.07) is 1.96. The van der Waals surface area contributed by atoms with Gasteiger partial charge in [-0.05, 0) is 35.6 Å². The third-order valence-electron chi connectivity index (χ3n) is 1.92. The van der Waals surface area contributed by atoms with Crippen LogP contribution in [0.1, 0.15) is 6.92 Å². The van der Waals surface area contributed by atoms with Gasteiger partial charge in [-0.15, -0.1) is 11.3 Å². The van der Waals surface area contributed by atoms with E-state index in [0.29, 0.717) is 12.4 Å². The number of nitrogens with two attached hydrogens (primary N) is 1. The number of nitrogens with zero attached hydrogens (tertiary/aromatic N) is 2. The van der Waals surface area contributed by atoms with Crippen LogP contribution in [0.5, 0.6) is 0 Å². The molecule has 0 saturated carbocycles. The second kappa shape index (κ2) is 4.68. The Hall–Kier alpha value is -0.670. The standard InChI is InChI=1S/C9H11IN4OS/c1-4(15)3-12-8-7-5(2-6(10)16-7)13-9(11)14-8/h2,4,15H,3H2,1H3,(H3,11,12,13,14). The first-order valence-corrected chi connectivity index (χ1v) is 6.60. The Morgan fingerprint density at radius 3 is 3.06 bits per heavy atom. The van der Waals surface area contributed by atoms with Crippen LogP contribution in [0.4, 0.5) is 11.8 Å². The highest BCUT2D eigenvalue weighted by molar-refractivity contribution is 14.1. The van der Waals surface area contributed by atoms with E-state index in [9.17, 15) is 5.11 Å². The maximum atomic E-state index is 9.23. The lowest BCUT2D eigenvalue weighted by Crippen LogP contribution is -2.16. The lowest BCUT2D eigenvalue weighted by atomic mass is 10.4. The summed E-state index contributed by atoms with van der Waals surface area (Å²) in [6.07, 6.45) is -0.426. The Labute approximate surface area is 110 Å². The van der Waals surface area contributed by atoms with Gasteiger partial charge in [-0.3, -0.25) is 0 Å². The lowest BCUT2D eigenvalue weighted by molar-refractivity contribution is 0.208. The molecule has 0 amide bonds. The van der Waals surface area contributed by atoms with Gasteiger partial charge in [-0.25, -0.2) is 4.98 Å². The second-order valence-corrected chi connectivity index (χ2v) is 6.37. The normalized spacial score (nSPS) is 12.9. The number of anilines is 2. The van der Waals surface area contributed by atoms with Crippen LogP contribution in [-0.2, 0) is 0 Å². The fourth-order valence-electron chi connectivity index (χ4n) is 1.28. The van der Waals surface area contributed by atoms with Gasteiger partial charge >= 0.3 is 0 Å². The molecule has 0 bridgehead atoms. The molecule has 0 aromatic carbocycles. The number of nitrogens with one attached hydrogen (secondary N) is 1. The molecule has 5 nitrogen and oxygen atoms in total. The third kappa shape index (κ3) is 2.53. The number of aliphatic hydroxyl groups excluding tert-OH is 1. The van der Waals surface area contributed by atoms with E-state index in [1.54, 1.807) is 18.3 Å². The van der Waals surface area contributed by atoms with E-state index >= 15 is 0 Å². The first-order chi connectivity index (χ1) is 7.56. The maximum Gasteiger partial charge on any atom is 0.222 e. The lowest BCUT2D eigenvalue weighted by Gasteiger charge is -2.08. The van der Waals surface area contributed by atoms with E-state index in [2.05, 4.69) is 37.9 Å². The number of aliphatic hydroxyl groups is 1. The number of nitrogen functional groups attached to an aromatic ring is 1. The molecule has 2 aromatic heterocycles. The average Bonchev–Trinajstić information content (AvgIpc) is 2.54. The Morgan fingerprint density at radius 2 is 2.38 bits per heavy atom. The Morgan fingerprint density at radius 1 is 1.62 bits per heavy atom.